The van der Waals surface area contributed by atoms with Crippen LogP contribution in [0.15, 0.2) is 18.3 Å². The van der Waals surface area contributed by atoms with E-state index in [9.17, 15) is 4.79 Å². The molecule has 2 heterocycles. The van der Waals surface area contributed by atoms with Gasteiger partial charge in [-0.1, -0.05) is 0 Å². The standard InChI is InChI=1S/C9H8N2O2S/c1-10-6-5-3-2-4-11-8(5)14-7(6)9(12)13/h2-4,10H,1H3,(H,12,13). The molecule has 0 unspecified atom stereocenters. The lowest BCUT2D eigenvalue weighted by Gasteiger charge is -1.97. The zero-order valence-corrected chi connectivity index (χ0v) is 8.26. The predicted octanol–water partition coefficient (Wildman–Crippen LogP) is 2.04. The van der Waals surface area contributed by atoms with Gasteiger partial charge in [0.15, 0.2) is 0 Å². The summed E-state index contributed by atoms with van der Waals surface area (Å²) in [4.78, 5) is 16.1. The van der Waals surface area contributed by atoms with Crippen molar-refractivity contribution in [3.8, 4) is 0 Å². The van der Waals surface area contributed by atoms with Crippen molar-refractivity contribution < 1.29 is 9.90 Å². The molecule has 0 saturated carbocycles. The van der Waals surface area contributed by atoms with Gasteiger partial charge in [-0.3, -0.25) is 0 Å². The fourth-order valence-electron chi connectivity index (χ4n) is 1.33. The van der Waals surface area contributed by atoms with Crippen molar-refractivity contribution in [3.05, 3.63) is 23.2 Å². The predicted molar refractivity (Wildman–Crippen MR) is 56.1 cm³/mol. The highest BCUT2D eigenvalue weighted by Gasteiger charge is 2.16. The van der Waals surface area contributed by atoms with Gasteiger partial charge in [-0.15, -0.1) is 11.3 Å². The topological polar surface area (TPSA) is 62.2 Å². The van der Waals surface area contributed by atoms with Crippen molar-refractivity contribution in [3.63, 3.8) is 0 Å². The van der Waals surface area contributed by atoms with Crippen molar-refractivity contribution in [2.75, 3.05) is 12.4 Å². The van der Waals surface area contributed by atoms with E-state index in [4.69, 9.17) is 5.11 Å². The molecule has 0 aliphatic carbocycles. The summed E-state index contributed by atoms with van der Waals surface area (Å²) in [5.74, 6) is -0.919. The van der Waals surface area contributed by atoms with Gasteiger partial charge in [0, 0.05) is 18.6 Å². The van der Waals surface area contributed by atoms with Crippen LogP contribution in [-0.4, -0.2) is 23.1 Å². The summed E-state index contributed by atoms with van der Waals surface area (Å²) in [6, 6.07) is 3.65. The second-order valence-electron chi connectivity index (χ2n) is 2.72. The lowest BCUT2D eigenvalue weighted by molar-refractivity contribution is 0.0703. The molecule has 0 spiro atoms. The third-order valence-corrected chi connectivity index (χ3v) is 3.01. The van der Waals surface area contributed by atoms with E-state index in [1.54, 1.807) is 19.3 Å². The molecular formula is C9H8N2O2S. The third kappa shape index (κ3) is 1.22. The van der Waals surface area contributed by atoms with Gasteiger partial charge in [0.05, 0.1) is 5.69 Å². The molecule has 2 N–H and O–H groups in total. The van der Waals surface area contributed by atoms with Gasteiger partial charge in [-0.05, 0) is 12.1 Å². The van der Waals surface area contributed by atoms with Crippen LogP contribution in [0.25, 0.3) is 10.2 Å². The van der Waals surface area contributed by atoms with Gasteiger partial charge in [0.1, 0.15) is 9.71 Å². The lowest BCUT2D eigenvalue weighted by Crippen LogP contribution is -1.97. The van der Waals surface area contributed by atoms with Gasteiger partial charge in [0.2, 0.25) is 0 Å². The van der Waals surface area contributed by atoms with Crippen LogP contribution >= 0.6 is 11.3 Å². The highest BCUT2D eigenvalue weighted by atomic mass is 32.1. The number of rotatable bonds is 2. The van der Waals surface area contributed by atoms with E-state index in [-0.39, 0.29) is 0 Å². The second kappa shape index (κ2) is 3.26. The van der Waals surface area contributed by atoms with E-state index in [1.165, 1.54) is 11.3 Å². The SMILES string of the molecule is CNc1c(C(=O)O)sc2ncccc12. The van der Waals surface area contributed by atoms with Crippen LogP contribution in [0.4, 0.5) is 5.69 Å². The summed E-state index contributed by atoms with van der Waals surface area (Å²) in [6.45, 7) is 0. The van der Waals surface area contributed by atoms with Crippen molar-refractivity contribution >= 4 is 33.2 Å². The molecule has 0 aliphatic heterocycles. The summed E-state index contributed by atoms with van der Waals surface area (Å²) in [5, 5.41) is 12.7. The number of anilines is 1. The van der Waals surface area contributed by atoms with Crippen molar-refractivity contribution in [1.82, 2.24) is 4.98 Å². The number of carboxylic acid groups (broad SMARTS) is 1. The first-order chi connectivity index (χ1) is 6.74. The molecule has 0 atom stereocenters. The molecule has 0 radical (unpaired) electrons. The number of thiophene rings is 1. The first-order valence-electron chi connectivity index (χ1n) is 4.02. The average Bonchev–Trinajstić information content (AvgIpc) is 2.56. The summed E-state index contributed by atoms with van der Waals surface area (Å²) >= 11 is 1.18. The van der Waals surface area contributed by atoms with Crippen LogP contribution in [0.2, 0.25) is 0 Å². The Labute approximate surface area is 84.2 Å². The molecule has 2 aromatic rings. The number of fused-ring (bicyclic) bond motifs is 1. The number of nitrogens with zero attached hydrogens (tertiary/aromatic N) is 1. The number of hydrogen-bond donors (Lipinski definition) is 2. The van der Waals surface area contributed by atoms with E-state index in [1.807, 2.05) is 6.07 Å². The van der Waals surface area contributed by atoms with Crippen LogP contribution in [0.1, 0.15) is 9.67 Å². The summed E-state index contributed by atoms with van der Waals surface area (Å²) in [6.07, 6.45) is 1.66. The van der Waals surface area contributed by atoms with Crippen molar-refractivity contribution in [2.24, 2.45) is 0 Å². The van der Waals surface area contributed by atoms with E-state index < -0.39 is 5.97 Å². The first-order valence-corrected chi connectivity index (χ1v) is 4.84. The van der Waals surface area contributed by atoms with Gasteiger partial charge < -0.3 is 10.4 Å². The fraction of sp³-hybridized carbons (Fsp3) is 0.111. The van der Waals surface area contributed by atoms with E-state index >= 15 is 0 Å². The maximum absolute atomic E-state index is 10.9. The molecule has 72 valence electrons. The molecule has 0 fully saturated rings. The number of pyridine rings is 1. The number of hydrogen-bond acceptors (Lipinski definition) is 4. The number of aromatic carboxylic acids is 1. The van der Waals surface area contributed by atoms with Gasteiger partial charge in [-0.2, -0.15) is 0 Å². The number of nitrogens with one attached hydrogen (secondary N) is 1. The monoisotopic (exact) mass is 208 g/mol. The number of carboxylic acids is 1. The van der Waals surface area contributed by atoms with Gasteiger partial charge in [-0.25, -0.2) is 9.78 Å². The Hall–Kier alpha value is -1.62. The van der Waals surface area contributed by atoms with E-state index in [0.717, 1.165) is 10.2 Å². The third-order valence-electron chi connectivity index (χ3n) is 1.91. The number of aromatic nitrogens is 1. The second-order valence-corrected chi connectivity index (χ2v) is 3.72. The highest BCUT2D eigenvalue weighted by molar-refractivity contribution is 7.21. The molecule has 5 heteroatoms. The minimum absolute atomic E-state index is 0.307. The minimum Gasteiger partial charge on any atom is -0.477 e. The molecule has 2 aromatic heterocycles. The van der Waals surface area contributed by atoms with Crippen LogP contribution < -0.4 is 5.32 Å². The molecule has 0 aliphatic rings. The Morgan fingerprint density at radius 1 is 1.64 bits per heavy atom. The zero-order chi connectivity index (χ0) is 10.1. The Bertz CT molecular complexity index is 493. The Morgan fingerprint density at radius 3 is 3.07 bits per heavy atom. The van der Waals surface area contributed by atoms with Gasteiger partial charge >= 0.3 is 5.97 Å². The molecule has 0 aromatic carbocycles. The van der Waals surface area contributed by atoms with E-state index in [0.29, 0.717) is 10.6 Å². The van der Waals surface area contributed by atoms with Crippen LogP contribution in [0.3, 0.4) is 0 Å². The molecule has 0 bridgehead atoms. The summed E-state index contributed by atoms with van der Waals surface area (Å²) in [7, 11) is 1.71. The molecule has 0 amide bonds. The summed E-state index contributed by atoms with van der Waals surface area (Å²) in [5.41, 5.74) is 0.644. The molecule has 14 heavy (non-hydrogen) atoms. The van der Waals surface area contributed by atoms with Crippen LogP contribution in [0.5, 0.6) is 0 Å². The molecule has 0 saturated heterocycles. The Morgan fingerprint density at radius 2 is 2.43 bits per heavy atom. The largest absolute Gasteiger partial charge is 0.477 e. The fourth-order valence-corrected chi connectivity index (χ4v) is 2.32. The van der Waals surface area contributed by atoms with Crippen LogP contribution in [-0.2, 0) is 0 Å². The zero-order valence-electron chi connectivity index (χ0n) is 7.44. The summed E-state index contributed by atoms with van der Waals surface area (Å²) < 4.78 is 0. The smallest absolute Gasteiger partial charge is 0.348 e. The number of carbonyl (C=O) groups is 1. The molecular weight excluding hydrogens is 200 g/mol. The quantitative estimate of drug-likeness (QED) is 0.792. The van der Waals surface area contributed by atoms with E-state index in [2.05, 4.69) is 10.3 Å². The maximum Gasteiger partial charge on any atom is 0.348 e. The first kappa shape index (κ1) is 8.96. The molecule has 4 nitrogen and oxygen atoms in total. The van der Waals surface area contributed by atoms with Gasteiger partial charge in [0.25, 0.3) is 0 Å². The van der Waals surface area contributed by atoms with Crippen molar-refractivity contribution in [2.45, 2.75) is 0 Å². The highest BCUT2D eigenvalue weighted by Crippen LogP contribution is 2.33. The van der Waals surface area contributed by atoms with Crippen LogP contribution in [0, 0.1) is 0 Å². The Kier molecular flexibility index (Phi) is 2.09. The normalized spacial score (nSPS) is 10.4. The maximum atomic E-state index is 10.9. The Balaban J connectivity index is 2.78. The average molecular weight is 208 g/mol. The van der Waals surface area contributed by atoms with Crippen molar-refractivity contribution in [1.29, 1.82) is 0 Å². The lowest BCUT2D eigenvalue weighted by atomic mass is 10.2. The minimum atomic E-state index is -0.919. The molecule has 2 rings (SSSR count).